The summed E-state index contributed by atoms with van der Waals surface area (Å²) in [6.45, 7) is 9.59. The van der Waals surface area contributed by atoms with Crippen LogP contribution in [0.4, 0.5) is 0 Å². The third-order valence-electron chi connectivity index (χ3n) is 3.76. The highest BCUT2D eigenvalue weighted by atomic mass is 16.5. The Morgan fingerprint density at radius 3 is 2.57 bits per heavy atom. The molecule has 0 amide bonds. The van der Waals surface area contributed by atoms with Crippen LogP contribution >= 0.6 is 0 Å². The summed E-state index contributed by atoms with van der Waals surface area (Å²) in [5.74, 6) is 0.513. The van der Waals surface area contributed by atoms with Crippen molar-refractivity contribution in [3.63, 3.8) is 0 Å². The summed E-state index contributed by atoms with van der Waals surface area (Å²) in [4.78, 5) is 11.6. The first-order valence-electron chi connectivity index (χ1n) is 7.78. The van der Waals surface area contributed by atoms with Crippen molar-refractivity contribution in [1.82, 2.24) is 5.32 Å². The van der Waals surface area contributed by atoms with Gasteiger partial charge < -0.3 is 10.1 Å². The fraction of sp³-hybridized carbons (Fsp3) is 0.611. The van der Waals surface area contributed by atoms with E-state index in [-0.39, 0.29) is 12.0 Å². The van der Waals surface area contributed by atoms with E-state index in [4.69, 9.17) is 4.74 Å². The molecule has 21 heavy (non-hydrogen) atoms. The molecule has 1 rings (SSSR count). The van der Waals surface area contributed by atoms with E-state index in [1.807, 2.05) is 0 Å². The van der Waals surface area contributed by atoms with Gasteiger partial charge in [-0.1, -0.05) is 37.6 Å². The van der Waals surface area contributed by atoms with Crippen molar-refractivity contribution in [3.8, 4) is 0 Å². The van der Waals surface area contributed by atoms with Crippen molar-refractivity contribution >= 4 is 5.97 Å². The van der Waals surface area contributed by atoms with Crippen molar-refractivity contribution < 1.29 is 9.53 Å². The summed E-state index contributed by atoms with van der Waals surface area (Å²) in [6.07, 6.45) is 2.39. The third kappa shape index (κ3) is 6.76. The minimum absolute atomic E-state index is 0.137. The van der Waals surface area contributed by atoms with Gasteiger partial charge in [0.05, 0.1) is 13.5 Å². The van der Waals surface area contributed by atoms with Gasteiger partial charge in [0.25, 0.3) is 0 Å². The minimum atomic E-state index is -0.151. The normalized spacial score (nSPS) is 12.5. The summed E-state index contributed by atoms with van der Waals surface area (Å²) >= 11 is 0. The van der Waals surface area contributed by atoms with Gasteiger partial charge >= 0.3 is 5.97 Å². The number of esters is 1. The summed E-state index contributed by atoms with van der Waals surface area (Å²) < 4.78 is 4.82. The van der Waals surface area contributed by atoms with E-state index >= 15 is 0 Å². The second-order valence-corrected chi connectivity index (χ2v) is 6.25. The number of hydrogen-bond acceptors (Lipinski definition) is 3. The molecule has 1 atom stereocenters. The minimum Gasteiger partial charge on any atom is -0.469 e. The van der Waals surface area contributed by atoms with Crippen LogP contribution in [0.25, 0.3) is 0 Å². The highest BCUT2D eigenvalue weighted by Gasteiger charge is 2.15. The highest BCUT2D eigenvalue weighted by molar-refractivity contribution is 5.70. The van der Waals surface area contributed by atoms with Crippen molar-refractivity contribution in [2.24, 2.45) is 5.92 Å². The molecule has 3 nitrogen and oxygen atoms in total. The quantitative estimate of drug-likeness (QED) is 0.746. The number of rotatable bonds is 8. The molecule has 0 aliphatic heterocycles. The van der Waals surface area contributed by atoms with E-state index in [0.717, 1.165) is 19.4 Å². The Labute approximate surface area is 129 Å². The largest absolute Gasteiger partial charge is 0.469 e. The van der Waals surface area contributed by atoms with Gasteiger partial charge in [-0.3, -0.25) is 4.79 Å². The number of carbonyl (C=O) groups is 1. The molecule has 0 saturated carbocycles. The van der Waals surface area contributed by atoms with Crippen LogP contribution in [0, 0.1) is 19.8 Å². The maximum Gasteiger partial charge on any atom is 0.307 e. The Bertz CT molecular complexity index is 455. The predicted octanol–water partition coefficient (Wildman–Crippen LogP) is 3.41. The van der Waals surface area contributed by atoms with Crippen LogP contribution in [-0.4, -0.2) is 25.7 Å². The van der Waals surface area contributed by atoms with Crippen LogP contribution in [0.1, 0.15) is 43.4 Å². The standard InChI is InChI=1S/C18H29NO2/c1-13(2)8-9-19-17(12-18(20)21-5)11-16-7-6-14(3)10-15(16)4/h6-7,10,13,17,19H,8-9,11-12H2,1-5H3. The van der Waals surface area contributed by atoms with Gasteiger partial charge in [-0.15, -0.1) is 0 Å². The molecule has 1 aromatic rings. The van der Waals surface area contributed by atoms with Gasteiger partial charge in [0.2, 0.25) is 0 Å². The maximum absolute atomic E-state index is 11.6. The summed E-state index contributed by atoms with van der Waals surface area (Å²) in [5, 5.41) is 3.51. The Hall–Kier alpha value is -1.35. The molecule has 3 heteroatoms. The zero-order valence-electron chi connectivity index (χ0n) is 14.0. The zero-order chi connectivity index (χ0) is 15.8. The number of carbonyl (C=O) groups excluding carboxylic acids is 1. The Kier molecular flexibility index (Phi) is 7.44. The lowest BCUT2D eigenvalue weighted by molar-refractivity contribution is -0.141. The summed E-state index contributed by atoms with van der Waals surface area (Å²) in [6, 6.07) is 6.63. The van der Waals surface area contributed by atoms with Crippen LogP contribution < -0.4 is 5.32 Å². The van der Waals surface area contributed by atoms with Gasteiger partial charge in [-0.2, -0.15) is 0 Å². The Balaban J connectivity index is 2.68. The van der Waals surface area contributed by atoms with E-state index in [9.17, 15) is 4.79 Å². The second kappa shape index (κ2) is 8.83. The second-order valence-electron chi connectivity index (χ2n) is 6.25. The van der Waals surface area contributed by atoms with Crippen LogP contribution in [0.2, 0.25) is 0 Å². The molecule has 1 aromatic carbocycles. The van der Waals surface area contributed by atoms with Gasteiger partial charge in [-0.05, 0) is 50.3 Å². The Morgan fingerprint density at radius 1 is 1.29 bits per heavy atom. The highest BCUT2D eigenvalue weighted by Crippen LogP contribution is 2.14. The summed E-state index contributed by atoms with van der Waals surface area (Å²) in [7, 11) is 1.45. The average molecular weight is 291 g/mol. The van der Waals surface area contributed by atoms with Crippen LogP contribution in [0.5, 0.6) is 0 Å². The molecule has 0 spiro atoms. The first kappa shape index (κ1) is 17.7. The zero-order valence-corrected chi connectivity index (χ0v) is 14.0. The lowest BCUT2D eigenvalue weighted by atomic mass is 9.97. The van der Waals surface area contributed by atoms with Crippen LogP contribution in [0.15, 0.2) is 18.2 Å². The maximum atomic E-state index is 11.6. The fourth-order valence-electron chi connectivity index (χ4n) is 2.42. The summed E-state index contributed by atoms with van der Waals surface area (Å²) in [5.41, 5.74) is 3.86. The van der Waals surface area contributed by atoms with Gasteiger partial charge in [0, 0.05) is 6.04 Å². The van der Waals surface area contributed by atoms with E-state index < -0.39 is 0 Å². The average Bonchev–Trinajstić information content (AvgIpc) is 2.41. The predicted molar refractivity (Wildman–Crippen MR) is 87.5 cm³/mol. The molecule has 0 aliphatic carbocycles. The topological polar surface area (TPSA) is 38.3 Å². The first-order chi connectivity index (χ1) is 9.92. The number of aryl methyl sites for hydroxylation is 2. The third-order valence-corrected chi connectivity index (χ3v) is 3.76. The monoisotopic (exact) mass is 291 g/mol. The van der Waals surface area contributed by atoms with Crippen molar-refractivity contribution in [3.05, 3.63) is 34.9 Å². The number of benzene rings is 1. The van der Waals surface area contributed by atoms with Gasteiger partial charge in [0.15, 0.2) is 0 Å². The van der Waals surface area contributed by atoms with Crippen molar-refractivity contribution in [1.29, 1.82) is 0 Å². The van der Waals surface area contributed by atoms with Gasteiger partial charge in [-0.25, -0.2) is 0 Å². The number of methoxy groups -OCH3 is 1. The molecular formula is C18H29NO2. The number of nitrogens with one attached hydrogen (secondary N) is 1. The lowest BCUT2D eigenvalue weighted by Gasteiger charge is -2.20. The Morgan fingerprint density at radius 2 is 2.00 bits per heavy atom. The van der Waals surface area contributed by atoms with E-state index in [1.165, 1.54) is 23.8 Å². The van der Waals surface area contributed by atoms with E-state index in [1.54, 1.807) is 0 Å². The molecule has 0 radical (unpaired) electrons. The molecule has 118 valence electrons. The molecule has 0 aliphatic rings. The number of hydrogen-bond donors (Lipinski definition) is 1. The molecule has 0 aromatic heterocycles. The van der Waals surface area contributed by atoms with E-state index in [0.29, 0.717) is 12.3 Å². The molecule has 1 N–H and O–H groups in total. The lowest BCUT2D eigenvalue weighted by Crippen LogP contribution is -2.35. The molecule has 0 bridgehead atoms. The SMILES string of the molecule is COC(=O)CC(Cc1ccc(C)cc1C)NCCC(C)C. The number of ether oxygens (including phenoxy) is 1. The molecular weight excluding hydrogens is 262 g/mol. The molecule has 1 unspecified atom stereocenters. The van der Waals surface area contributed by atoms with Crippen LogP contribution in [-0.2, 0) is 16.0 Å². The molecule has 0 fully saturated rings. The molecule has 0 saturated heterocycles. The molecule has 0 heterocycles. The smallest absolute Gasteiger partial charge is 0.307 e. The van der Waals surface area contributed by atoms with E-state index in [2.05, 4.69) is 51.2 Å². The van der Waals surface area contributed by atoms with Crippen molar-refractivity contribution in [2.45, 2.75) is 53.0 Å². The fourth-order valence-corrected chi connectivity index (χ4v) is 2.42. The van der Waals surface area contributed by atoms with Gasteiger partial charge in [0.1, 0.15) is 0 Å². The van der Waals surface area contributed by atoms with Crippen LogP contribution in [0.3, 0.4) is 0 Å². The van der Waals surface area contributed by atoms with Crippen molar-refractivity contribution in [2.75, 3.05) is 13.7 Å². The first-order valence-corrected chi connectivity index (χ1v) is 7.78.